The fourth-order valence-corrected chi connectivity index (χ4v) is 3.43. The van der Waals surface area contributed by atoms with Gasteiger partial charge < -0.3 is 9.64 Å². The van der Waals surface area contributed by atoms with E-state index in [-0.39, 0.29) is 12.5 Å². The summed E-state index contributed by atoms with van der Waals surface area (Å²) in [5.41, 5.74) is 2.54. The molecule has 0 radical (unpaired) electrons. The Bertz CT molecular complexity index is 924. The van der Waals surface area contributed by atoms with Crippen LogP contribution >= 0.6 is 11.3 Å². The van der Waals surface area contributed by atoms with Crippen LogP contribution in [0.5, 0.6) is 0 Å². The number of nitrogens with zero attached hydrogens (tertiary/aromatic N) is 2. The minimum absolute atomic E-state index is 0.266. The first kappa shape index (κ1) is 18.8. The van der Waals surface area contributed by atoms with Crippen LogP contribution in [0.4, 0.5) is 5.69 Å². The summed E-state index contributed by atoms with van der Waals surface area (Å²) in [6.07, 6.45) is 0. The predicted octanol–water partition coefficient (Wildman–Crippen LogP) is 4.33. The van der Waals surface area contributed by atoms with Crippen molar-refractivity contribution in [2.24, 2.45) is 0 Å². The van der Waals surface area contributed by atoms with E-state index in [1.807, 2.05) is 54.8 Å². The summed E-state index contributed by atoms with van der Waals surface area (Å²) in [7, 11) is 0. The Balaban J connectivity index is 1.66. The first-order chi connectivity index (χ1) is 13.1. The van der Waals surface area contributed by atoms with Gasteiger partial charge in [-0.05, 0) is 49.6 Å². The van der Waals surface area contributed by atoms with Gasteiger partial charge in [-0.2, -0.15) is 0 Å². The molecule has 0 atom stereocenters. The third-order valence-electron chi connectivity index (χ3n) is 4.09. The lowest BCUT2D eigenvalue weighted by atomic mass is 10.2. The maximum atomic E-state index is 12.4. The molecular weight excluding hydrogens is 360 g/mol. The lowest BCUT2D eigenvalue weighted by Crippen LogP contribution is -2.34. The zero-order chi connectivity index (χ0) is 19.2. The van der Waals surface area contributed by atoms with Crippen molar-refractivity contribution in [3.8, 4) is 10.6 Å². The average molecular weight is 380 g/mol. The molecule has 3 aromatic rings. The smallest absolute Gasteiger partial charge is 0.340 e. The van der Waals surface area contributed by atoms with Crippen LogP contribution in [-0.2, 0) is 9.53 Å². The SMILES string of the molecule is CCN(C(=O)COC(=O)c1ccc(-c2cccs2)nc1C)c1ccccc1. The topological polar surface area (TPSA) is 59.5 Å². The van der Waals surface area contributed by atoms with Crippen LogP contribution in [0.2, 0.25) is 0 Å². The Morgan fingerprint density at radius 1 is 1.07 bits per heavy atom. The zero-order valence-electron chi connectivity index (χ0n) is 15.2. The number of rotatable bonds is 6. The zero-order valence-corrected chi connectivity index (χ0v) is 16.0. The molecule has 0 saturated carbocycles. The Morgan fingerprint density at radius 2 is 1.85 bits per heavy atom. The van der Waals surface area contributed by atoms with Crippen molar-refractivity contribution in [2.45, 2.75) is 13.8 Å². The van der Waals surface area contributed by atoms with E-state index in [0.717, 1.165) is 16.3 Å². The maximum absolute atomic E-state index is 12.4. The van der Waals surface area contributed by atoms with E-state index in [4.69, 9.17) is 4.74 Å². The van der Waals surface area contributed by atoms with Crippen LogP contribution in [0, 0.1) is 6.92 Å². The quantitative estimate of drug-likeness (QED) is 0.597. The van der Waals surface area contributed by atoms with Crippen molar-refractivity contribution < 1.29 is 14.3 Å². The number of anilines is 1. The van der Waals surface area contributed by atoms with Crippen molar-refractivity contribution in [3.63, 3.8) is 0 Å². The molecule has 2 aromatic heterocycles. The highest BCUT2D eigenvalue weighted by atomic mass is 32.1. The molecule has 0 spiro atoms. The van der Waals surface area contributed by atoms with Crippen LogP contribution in [-0.4, -0.2) is 30.0 Å². The molecule has 27 heavy (non-hydrogen) atoms. The van der Waals surface area contributed by atoms with Gasteiger partial charge in [0.15, 0.2) is 6.61 Å². The number of carbonyl (C=O) groups is 2. The van der Waals surface area contributed by atoms with E-state index in [9.17, 15) is 9.59 Å². The van der Waals surface area contributed by atoms with Crippen molar-refractivity contribution in [1.29, 1.82) is 0 Å². The van der Waals surface area contributed by atoms with Gasteiger partial charge in [0.2, 0.25) is 0 Å². The molecule has 0 aliphatic carbocycles. The molecule has 3 rings (SSSR count). The Hall–Kier alpha value is -2.99. The number of amides is 1. The summed E-state index contributed by atoms with van der Waals surface area (Å²) in [6.45, 7) is 3.83. The predicted molar refractivity (Wildman–Crippen MR) is 107 cm³/mol. The number of aromatic nitrogens is 1. The molecule has 1 amide bonds. The highest BCUT2D eigenvalue weighted by Crippen LogP contribution is 2.24. The summed E-state index contributed by atoms with van der Waals surface area (Å²) in [5, 5.41) is 1.98. The third kappa shape index (κ3) is 4.41. The number of ether oxygens (including phenoxy) is 1. The van der Waals surface area contributed by atoms with Gasteiger partial charge in [0, 0.05) is 12.2 Å². The van der Waals surface area contributed by atoms with Gasteiger partial charge in [-0.15, -0.1) is 11.3 Å². The van der Waals surface area contributed by atoms with E-state index >= 15 is 0 Å². The van der Waals surface area contributed by atoms with E-state index in [0.29, 0.717) is 17.8 Å². The van der Waals surface area contributed by atoms with Gasteiger partial charge in [-0.3, -0.25) is 9.78 Å². The van der Waals surface area contributed by atoms with Gasteiger partial charge in [0.25, 0.3) is 5.91 Å². The number of pyridine rings is 1. The summed E-state index contributed by atoms with van der Waals surface area (Å²) in [6, 6.07) is 16.7. The second kappa shape index (κ2) is 8.60. The summed E-state index contributed by atoms with van der Waals surface area (Å²) in [4.78, 5) is 31.9. The largest absolute Gasteiger partial charge is 0.452 e. The number of carbonyl (C=O) groups excluding carboxylic acids is 2. The van der Waals surface area contributed by atoms with Crippen LogP contribution in [0.1, 0.15) is 23.0 Å². The minimum atomic E-state index is -0.546. The first-order valence-corrected chi connectivity index (χ1v) is 9.52. The Morgan fingerprint density at radius 3 is 2.48 bits per heavy atom. The van der Waals surface area contributed by atoms with Crippen molar-refractivity contribution in [3.05, 3.63) is 71.2 Å². The molecule has 0 fully saturated rings. The number of para-hydroxylation sites is 1. The Labute approximate surface area is 162 Å². The molecule has 6 heteroatoms. The van der Waals surface area contributed by atoms with Crippen molar-refractivity contribution in [2.75, 3.05) is 18.1 Å². The number of esters is 1. The normalized spacial score (nSPS) is 10.4. The summed E-state index contributed by atoms with van der Waals surface area (Å²) >= 11 is 1.59. The monoisotopic (exact) mass is 380 g/mol. The van der Waals surface area contributed by atoms with Gasteiger partial charge >= 0.3 is 5.97 Å². The third-order valence-corrected chi connectivity index (χ3v) is 4.98. The number of aryl methyl sites for hydroxylation is 1. The van der Waals surface area contributed by atoms with Crippen molar-refractivity contribution in [1.82, 2.24) is 4.98 Å². The fraction of sp³-hybridized carbons (Fsp3) is 0.190. The molecule has 0 aliphatic rings. The lowest BCUT2D eigenvalue weighted by Gasteiger charge is -2.20. The molecule has 0 aliphatic heterocycles. The number of hydrogen-bond acceptors (Lipinski definition) is 5. The molecule has 0 bridgehead atoms. The molecular formula is C21H20N2O3S. The number of thiophene rings is 1. The van der Waals surface area contributed by atoms with Crippen molar-refractivity contribution >= 4 is 28.9 Å². The highest BCUT2D eigenvalue weighted by Gasteiger charge is 2.18. The minimum Gasteiger partial charge on any atom is -0.452 e. The van der Waals surface area contributed by atoms with Crippen LogP contribution in [0.15, 0.2) is 60.0 Å². The van der Waals surface area contributed by atoms with Crippen LogP contribution in [0.25, 0.3) is 10.6 Å². The summed E-state index contributed by atoms with van der Waals surface area (Å²) in [5.74, 6) is -0.812. The van der Waals surface area contributed by atoms with E-state index in [1.54, 1.807) is 35.3 Å². The van der Waals surface area contributed by atoms with Gasteiger partial charge in [-0.25, -0.2) is 4.79 Å². The number of benzene rings is 1. The second-order valence-electron chi connectivity index (χ2n) is 5.86. The lowest BCUT2D eigenvalue weighted by molar-refractivity contribution is -0.121. The number of hydrogen-bond donors (Lipinski definition) is 0. The summed E-state index contributed by atoms with van der Waals surface area (Å²) < 4.78 is 5.24. The molecule has 0 N–H and O–H groups in total. The fourth-order valence-electron chi connectivity index (χ4n) is 2.73. The number of likely N-dealkylation sites (N-methyl/N-ethyl adjacent to an activating group) is 1. The molecule has 1 aromatic carbocycles. The second-order valence-corrected chi connectivity index (χ2v) is 6.80. The first-order valence-electron chi connectivity index (χ1n) is 8.64. The van der Waals surface area contributed by atoms with Gasteiger partial charge in [0.1, 0.15) is 0 Å². The average Bonchev–Trinajstić information content (AvgIpc) is 3.22. The molecule has 0 saturated heterocycles. The molecule has 2 heterocycles. The standard InChI is InChI=1S/C21H20N2O3S/c1-3-23(16-8-5-4-6-9-16)20(24)14-26-21(25)17-11-12-18(22-15(17)2)19-10-7-13-27-19/h4-13H,3,14H2,1-2H3. The van der Waals surface area contributed by atoms with E-state index < -0.39 is 5.97 Å². The molecule has 0 unspecified atom stereocenters. The maximum Gasteiger partial charge on any atom is 0.340 e. The van der Waals surface area contributed by atoms with Crippen LogP contribution in [0.3, 0.4) is 0 Å². The van der Waals surface area contributed by atoms with Gasteiger partial charge in [-0.1, -0.05) is 24.3 Å². The van der Waals surface area contributed by atoms with Gasteiger partial charge in [0.05, 0.1) is 21.8 Å². The molecule has 138 valence electrons. The van der Waals surface area contributed by atoms with E-state index in [1.165, 1.54) is 0 Å². The van der Waals surface area contributed by atoms with Crippen LogP contribution < -0.4 is 4.90 Å². The molecule has 5 nitrogen and oxygen atoms in total. The Kier molecular flexibility index (Phi) is 5.98. The highest BCUT2D eigenvalue weighted by molar-refractivity contribution is 7.13. The van der Waals surface area contributed by atoms with E-state index in [2.05, 4.69) is 4.98 Å².